The molecule has 1 rings (SSSR count). The lowest BCUT2D eigenvalue weighted by atomic mass is 9.79. The maximum atomic E-state index is 11.9. The second-order valence-corrected chi connectivity index (χ2v) is 5.68. The zero-order valence-corrected chi connectivity index (χ0v) is 11.4. The molecule has 0 radical (unpaired) electrons. The number of amides is 1. The Morgan fingerprint density at radius 3 is 2.53 bits per heavy atom. The smallest absolute Gasteiger partial charge is 0.222 e. The Morgan fingerprint density at radius 2 is 2.06 bits per heavy atom. The third-order valence-corrected chi connectivity index (χ3v) is 3.11. The summed E-state index contributed by atoms with van der Waals surface area (Å²) >= 11 is 0. The molecular weight excluding hydrogens is 218 g/mol. The van der Waals surface area contributed by atoms with E-state index in [0.717, 1.165) is 19.4 Å². The van der Waals surface area contributed by atoms with Crippen molar-refractivity contribution in [1.29, 1.82) is 0 Å². The van der Waals surface area contributed by atoms with Crippen LogP contribution in [0.2, 0.25) is 0 Å². The Bertz CT molecular complexity index is 254. The minimum atomic E-state index is -0.822. The molecule has 1 amide bonds. The van der Waals surface area contributed by atoms with E-state index in [2.05, 4.69) is 0 Å². The first kappa shape index (κ1) is 14.5. The van der Waals surface area contributed by atoms with Gasteiger partial charge in [0.25, 0.3) is 0 Å². The van der Waals surface area contributed by atoms with Gasteiger partial charge in [0.15, 0.2) is 0 Å². The van der Waals surface area contributed by atoms with Crippen molar-refractivity contribution < 1.29 is 14.6 Å². The van der Waals surface area contributed by atoms with Crippen molar-refractivity contribution in [2.45, 2.75) is 51.7 Å². The molecule has 0 spiro atoms. The van der Waals surface area contributed by atoms with E-state index in [1.54, 1.807) is 25.8 Å². The highest BCUT2D eigenvalue weighted by Crippen LogP contribution is 2.33. The van der Waals surface area contributed by atoms with Crippen LogP contribution in [0.5, 0.6) is 0 Å². The standard InChI is InChI=1S/C13H25NO3/c1-5-17-11-6-10(7-11)8-12(15)14(4)9-13(2,3)16/h10-11,16H,5-9H2,1-4H3. The molecule has 0 aromatic carbocycles. The molecule has 0 aromatic rings. The molecule has 1 fully saturated rings. The first-order chi connectivity index (χ1) is 7.81. The van der Waals surface area contributed by atoms with Crippen molar-refractivity contribution in [1.82, 2.24) is 4.90 Å². The predicted molar refractivity (Wildman–Crippen MR) is 66.7 cm³/mol. The number of rotatable bonds is 6. The number of likely N-dealkylation sites (N-methyl/N-ethyl adjacent to an activating group) is 1. The molecular formula is C13H25NO3. The normalized spacial score (nSPS) is 24.3. The number of hydrogen-bond acceptors (Lipinski definition) is 3. The van der Waals surface area contributed by atoms with Crippen LogP contribution in [0.15, 0.2) is 0 Å². The van der Waals surface area contributed by atoms with E-state index in [-0.39, 0.29) is 5.91 Å². The minimum Gasteiger partial charge on any atom is -0.389 e. The van der Waals surface area contributed by atoms with E-state index in [1.807, 2.05) is 6.92 Å². The zero-order chi connectivity index (χ0) is 13.1. The highest BCUT2D eigenvalue weighted by atomic mass is 16.5. The Morgan fingerprint density at radius 1 is 1.47 bits per heavy atom. The van der Waals surface area contributed by atoms with E-state index in [0.29, 0.717) is 25.0 Å². The van der Waals surface area contributed by atoms with Gasteiger partial charge in [0, 0.05) is 26.6 Å². The van der Waals surface area contributed by atoms with Gasteiger partial charge in [-0.2, -0.15) is 0 Å². The van der Waals surface area contributed by atoms with Gasteiger partial charge in [0.05, 0.1) is 11.7 Å². The summed E-state index contributed by atoms with van der Waals surface area (Å²) in [6.45, 7) is 6.56. The zero-order valence-electron chi connectivity index (χ0n) is 11.4. The van der Waals surface area contributed by atoms with Gasteiger partial charge in [-0.3, -0.25) is 4.79 Å². The molecule has 4 heteroatoms. The van der Waals surface area contributed by atoms with Crippen molar-refractivity contribution in [3.05, 3.63) is 0 Å². The Labute approximate surface area is 104 Å². The first-order valence-electron chi connectivity index (χ1n) is 6.39. The van der Waals surface area contributed by atoms with Crippen LogP contribution < -0.4 is 0 Å². The van der Waals surface area contributed by atoms with E-state index in [1.165, 1.54) is 0 Å². The third-order valence-electron chi connectivity index (χ3n) is 3.11. The molecule has 1 aliphatic carbocycles. The van der Waals surface area contributed by atoms with Crippen molar-refractivity contribution in [3.8, 4) is 0 Å². The van der Waals surface area contributed by atoms with Crippen LogP contribution >= 0.6 is 0 Å². The molecule has 4 nitrogen and oxygen atoms in total. The molecule has 1 saturated carbocycles. The van der Waals surface area contributed by atoms with E-state index < -0.39 is 5.60 Å². The number of carbonyl (C=O) groups is 1. The fourth-order valence-electron chi connectivity index (χ4n) is 2.28. The van der Waals surface area contributed by atoms with Crippen LogP contribution in [-0.2, 0) is 9.53 Å². The summed E-state index contributed by atoms with van der Waals surface area (Å²) in [5, 5.41) is 9.64. The third kappa shape index (κ3) is 5.04. The number of ether oxygens (including phenoxy) is 1. The first-order valence-corrected chi connectivity index (χ1v) is 6.39. The van der Waals surface area contributed by atoms with Crippen molar-refractivity contribution >= 4 is 5.91 Å². The van der Waals surface area contributed by atoms with Crippen LogP contribution in [0.25, 0.3) is 0 Å². The van der Waals surface area contributed by atoms with E-state index >= 15 is 0 Å². The van der Waals surface area contributed by atoms with Crippen LogP contribution in [0.4, 0.5) is 0 Å². The minimum absolute atomic E-state index is 0.118. The summed E-state index contributed by atoms with van der Waals surface area (Å²) in [5.74, 6) is 0.579. The maximum absolute atomic E-state index is 11.9. The van der Waals surface area contributed by atoms with Gasteiger partial charge in [-0.05, 0) is 39.5 Å². The number of aliphatic hydroxyl groups is 1. The predicted octanol–water partition coefficient (Wildman–Crippen LogP) is 1.42. The molecule has 0 atom stereocenters. The van der Waals surface area contributed by atoms with Crippen molar-refractivity contribution in [2.75, 3.05) is 20.2 Å². The van der Waals surface area contributed by atoms with Gasteiger partial charge in [-0.15, -0.1) is 0 Å². The van der Waals surface area contributed by atoms with Gasteiger partial charge in [-0.1, -0.05) is 0 Å². The van der Waals surface area contributed by atoms with Crippen molar-refractivity contribution in [3.63, 3.8) is 0 Å². The van der Waals surface area contributed by atoms with Gasteiger partial charge >= 0.3 is 0 Å². The van der Waals surface area contributed by atoms with E-state index in [4.69, 9.17) is 4.74 Å². The molecule has 0 heterocycles. The Kier molecular flexibility index (Phi) is 4.95. The van der Waals surface area contributed by atoms with Gasteiger partial charge in [0.2, 0.25) is 5.91 Å². The highest BCUT2D eigenvalue weighted by Gasteiger charge is 2.32. The quantitative estimate of drug-likeness (QED) is 0.767. The molecule has 100 valence electrons. The largest absolute Gasteiger partial charge is 0.389 e. The van der Waals surface area contributed by atoms with Crippen LogP contribution in [0.1, 0.15) is 40.0 Å². The summed E-state index contributed by atoms with van der Waals surface area (Å²) in [7, 11) is 1.75. The summed E-state index contributed by atoms with van der Waals surface area (Å²) in [4.78, 5) is 13.5. The van der Waals surface area contributed by atoms with Crippen LogP contribution in [0.3, 0.4) is 0 Å². The number of hydrogen-bond donors (Lipinski definition) is 1. The topological polar surface area (TPSA) is 49.8 Å². The summed E-state index contributed by atoms with van der Waals surface area (Å²) in [5.41, 5.74) is -0.822. The maximum Gasteiger partial charge on any atom is 0.222 e. The van der Waals surface area contributed by atoms with Gasteiger partial charge < -0.3 is 14.7 Å². The number of nitrogens with zero attached hydrogens (tertiary/aromatic N) is 1. The molecule has 1 N–H and O–H groups in total. The molecule has 0 unspecified atom stereocenters. The average molecular weight is 243 g/mol. The monoisotopic (exact) mass is 243 g/mol. The van der Waals surface area contributed by atoms with E-state index in [9.17, 15) is 9.90 Å². The van der Waals surface area contributed by atoms with Crippen LogP contribution in [-0.4, -0.2) is 47.8 Å². The van der Waals surface area contributed by atoms with Gasteiger partial charge in [-0.25, -0.2) is 0 Å². The Hall–Kier alpha value is -0.610. The molecule has 0 aromatic heterocycles. The van der Waals surface area contributed by atoms with Crippen LogP contribution in [0, 0.1) is 5.92 Å². The lowest BCUT2D eigenvalue weighted by molar-refractivity contribution is -0.135. The lowest BCUT2D eigenvalue weighted by Crippen LogP contribution is -2.42. The molecule has 0 saturated heterocycles. The van der Waals surface area contributed by atoms with Crippen molar-refractivity contribution in [2.24, 2.45) is 5.92 Å². The molecule has 1 aliphatic rings. The molecule has 0 bridgehead atoms. The Balaban J connectivity index is 2.22. The SMILES string of the molecule is CCOC1CC(CC(=O)N(C)CC(C)(C)O)C1. The second kappa shape index (κ2) is 5.83. The lowest BCUT2D eigenvalue weighted by Gasteiger charge is -2.36. The fourth-order valence-corrected chi connectivity index (χ4v) is 2.28. The fraction of sp³-hybridized carbons (Fsp3) is 0.923. The second-order valence-electron chi connectivity index (χ2n) is 5.68. The van der Waals surface area contributed by atoms with Gasteiger partial charge in [0.1, 0.15) is 0 Å². The molecule has 17 heavy (non-hydrogen) atoms. The molecule has 0 aliphatic heterocycles. The summed E-state index contributed by atoms with van der Waals surface area (Å²) < 4.78 is 5.47. The number of carbonyl (C=O) groups excluding carboxylic acids is 1. The summed E-state index contributed by atoms with van der Waals surface area (Å²) in [6.07, 6.45) is 2.93. The highest BCUT2D eigenvalue weighted by molar-refractivity contribution is 5.76. The summed E-state index contributed by atoms with van der Waals surface area (Å²) in [6, 6.07) is 0. The average Bonchev–Trinajstić information content (AvgIpc) is 2.11.